The molecule has 0 aliphatic heterocycles. The summed E-state index contributed by atoms with van der Waals surface area (Å²) in [7, 11) is 0. The lowest BCUT2D eigenvalue weighted by atomic mass is 10.3. The van der Waals surface area contributed by atoms with Gasteiger partial charge in [0.1, 0.15) is 11.8 Å². The zero-order valence-electron chi connectivity index (χ0n) is 7.83. The molecule has 15 heavy (non-hydrogen) atoms. The number of H-pyrrole nitrogens is 1. The predicted octanol–water partition coefficient (Wildman–Crippen LogP) is 1.00. The van der Waals surface area contributed by atoms with E-state index in [1.165, 1.54) is 10.8 Å². The molecule has 0 bridgehead atoms. The Morgan fingerprint density at radius 2 is 2.47 bits per heavy atom. The van der Waals surface area contributed by atoms with Crippen LogP contribution in [-0.2, 0) is 0 Å². The molecule has 2 rings (SSSR count). The standard InChI is InChI=1S/C10H8ClN3O/c11-4-2-1-3-8-5-9-10(15)12-7-13-14(9)6-8/h5-7H,2,4H2,(H,12,13,15). The highest BCUT2D eigenvalue weighted by molar-refractivity contribution is 6.18. The fraction of sp³-hybridized carbons (Fsp3) is 0.200. The number of hydrogen-bond donors (Lipinski definition) is 1. The van der Waals surface area contributed by atoms with Gasteiger partial charge in [-0.2, -0.15) is 5.10 Å². The van der Waals surface area contributed by atoms with E-state index in [0.29, 0.717) is 17.8 Å². The zero-order valence-corrected chi connectivity index (χ0v) is 8.58. The van der Waals surface area contributed by atoms with E-state index in [-0.39, 0.29) is 5.56 Å². The quantitative estimate of drug-likeness (QED) is 0.577. The molecule has 1 N–H and O–H groups in total. The number of halogens is 1. The van der Waals surface area contributed by atoms with Crippen LogP contribution in [0.5, 0.6) is 0 Å². The van der Waals surface area contributed by atoms with Crippen LogP contribution >= 0.6 is 11.6 Å². The summed E-state index contributed by atoms with van der Waals surface area (Å²) in [6.45, 7) is 0. The van der Waals surface area contributed by atoms with Gasteiger partial charge in [-0.1, -0.05) is 11.8 Å². The average Bonchev–Trinajstić information content (AvgIpc) is 2.63. The van der Waals surface area contributed by atoms with Crippen LogP contribution < -0.4 is 5.56 Å². The highest BCUT2D eigenvalue weighted by Gasteiger charge is 2.00. The monoisotopic (exact) mass is 221 g/mol. The highest BCUT2D eigenvalue weighted by Crippen LogP contribution is 2.02. The molecule has 5 heteroatoms. The fourth-order valence-electron chi connectivity index (χ4n) is 1.22. The van der Waals surface area contributed by atoms with Crippen molar-refractivity contribution in [3.05, 3.63) is 34.5 Å². The molecule has 0 atom stereocenters. The second-order valence-corrected chi connectivity index (χ2v) is 3.30. The van der Waals surface area contributed by atoms with Crippen molar-refractivity contribution in [3.8, 4) is 11.8 Å². The normalized spacial score (nSPS) is 9.93. The number of aromatic amines is 1. The molecule has 2 aromatic heterocycles. The van der Waals surface area contributed by atoms with Gasteiger partial charge in [-0.05, 0) is 6.07 Å². The molecule has 2 heterocycles. The van der Waals surface area contributed by atoms with E-state index in [9.17, 15) is 4.79 Å². The van der Waals surface area contributed by atoms with Gasteiger partial charge in [-0.25, -0.2) is 4.52 Å². The maximum atomic E-state index is 11.3. The van der Waals surface area contributed by atoms with Crippen molar-refractivity contribution < 1.29 is 0 Å². The minimum absolute atomic E-state index is 0.171. The Morgan fingerprint density at radius 3 is 3.20 bits per heavy atom. The van der Waals surface area contributed by atoms with Crippen LogP contribution in [-0.4, -0.2) is 20.5 Å². The molecule has 0 fully saturated rings. The third kappa shape index (κ3) is 2.03. The maximum Gasteiger partial charge on any atom is 0.275 e. The summed E-state index contributed by atoms with van der Waals surface area (Å²) in [4.78, 5) is 13.8. The maximum absolute atomic E-state index is 11.3. The summed E-state index contributed by atoms with van der Waals surface area (Å²) in [6.07, 6.45) is 3.70. The van der Waals surface area contributed by atoms with Crippen LogP contribution in [0, 0.1) is 11.8 Å². The van der Waals surface area contributed by atoms with Gasteiger partial charge in [0.25, 0.3) is 5.56 Å². The van der Waals surface area contributed by atoms with Crippen LogP contribution in [0.25, 0.3) is 5.52 Å². The number of rotatable bonds is 1. The first-order valence-corrected chi connectivity index (χ1v) is 4.95. The van der Waals surface area contributed by atoms with Crippen molar-refractivity contribution in [2.45, 2.75) is 6.42 Å². The summed E-state index contributed by atoms with van der Waals surface area (Å²) in [5.41, 5.74) is 1.09. The molecule has 2 aromatic rings. The minimum Gasteiger partial charge on any atom is -0.310 e. The number of alkyl halides is 1. The second-order valence-electron chi connectivity index (χ2n) is 2.92. The first kappa shape index (κ1) is 9.81. The van der Waals surface area contributed by atoms with E-state index < -0.39 is 0 Å². The Balaban J connectivity index is 2.45. The molecule has 0 unspecified atom stereocenters. The Kier molecular flexibility index (Phi) is 2.75. The fourth-order valence-corrected chi connectivity index (χ4v) is 1.32. The molecule has 0 spiro atoms. The molecule has 0 aliphatic rings. The second kappa shape index (κ2) is 4.20. The Morgan fingerprint density at radius 1 is 1.60 bits per heavy atom. The molecule has 4 nitrogen and oxygen atoms in total. The lowest BCUT2D eigenvalue weighted by Crippen LogP contribution is -2.09. The van der Waals surface area contributed by atoms with E-state index in [2.05, 4.69) is 21.9 Å². The third-order valence-electron chi connectivity index (χ3n) is 1.86. The first-order chi connectivity index (χ1) is 7.31. The molecule has 76 valence electrons. The SMILES string of the molecule is O=c1[nH]cnn2cc(C#CCCCl)cc12. The lowest BCUT2D eigenvalue weighted by Gasteiger charge is -1.87. The molecule has 0 saturated carbocycles. The van der Waals surface area contributed by atoms with E-state index >= 15 is 0 Å². The van der Waals surface area contributed by atoms with Gasteiger partial charge in [-0.15, -0.1) is 11.6 Å². The molecule has 0 amide bonds. The van der Waals surface area contributed by atoms with E-state index in [1.807, 2.05) is 0 Å². The van der Waals surface area contributed by atoms with Gasteiger partial charge >= 0.3 is 0 Å². The van der Waals surface area contributed by atoms with E-state index in [1.54, 1.807) is 12.3 Å². The molecule has 0 aromatic carbocycles. The van der Waals surface area contributed by atoms with E-state index in [0.717, 1.165) is 5.56 Å². The largest absolute Gasteiger partial charge is 0.310 e. The molecular weight excluding hydrogens is 214 g/mol. The average molecular weight is 222 g/mol. The highest BCUT2D eigenvalue weighted by atomic mass is 35.5. The van der Waals surface area contributed by atoms with Crippen molar-refractivity contribution in [1.29, 1.82) is 0 Å². The lowest BCUT2D eigenvalue weighted by molar-refractivity contribution is 0.888. The van der Waals surface area contributed by atoms with Crippen LogP contribution in [0.3, 0.4) is 0 Å². The van der Waals surface area contributed by atoms with Crippen LogP contribution in [0.2, 0.25) is 0 Å². The molecule has 0 saturated heterocycles. The van der Waals surface area contributed by atoms with Crippen molar-refractivity contribution in [2.75, 3.05) is 5.88 Å². The summed E-state index contributed by atoms with van der Waals surface area (Å²) in [5, 5.41) is 3.96. The van der Waals surface area contributed by atoms with Crippen molar-refractivity contribution in [1.82, 2.24) is 14.6 Å². The van der Waals surface area contributed by atoms with Gasteiger partial charge in [-0.3, -0.25) is 4.79 Å². The van der Waals surface area contributed by atoms with Crippen molar-refractivity contribution in [2.24, 2.45) is 0 Å². The number of aromatic nitrogens is 3. The summed E-state index contributed by atoms with van der Waals surface area (Å²) >= 11 is 5.50. The van der Waals surface area contributed by atoms with Gasteiger partial charge in [0.05, 0.1) is 0 Å². The number of nitrogens with one attached hydrogen (secondary N) is 1. The van der Waals surface area contributed by atoms with Crippen molar-refractivity contribution in [3.63, 3.8) is 0 Å². The number of nitrogens with zero attached hydrogens (tertiary/aromatic N) is 2. The van der Waals surface area contributed by atoms with Crippen LogP contribution in [0.4, 0.5) is 0 Å². The summed E-state index contributed by atoms with van der Waals surface area (Å²) in [6, 6.07) is 1.70. The van der Waals surface area contributed by atoms with Gasteiger partial charge in [0.2, 0.25) is 0 Å². The van der Waals surface area contributed by atoms with Gasteiger partial charge < -0.3 is 4.98 Å². The first-order valence-electron chi connectivity index (χ1n) is 4.42. The smallest absolute Gasteiger partial charge is 0.275 e. The van der Waals surface area contributed by atoms with Crippen LogP contribution in [0.15, 0.2) is 23.4 Å². The van der Waals surface area contributed by atoms with Crippen molar-refractivity contribution >= 4 is 17.1 Å². The molecular formula is C10H8ClN3O. The third-order valence-corrected chi connectivity index (χ3v) is 2.05. The topological polar surface area (TPSA) is 50.2 Å². The number of fused-ring (bicyclic) bond motifs is 1. The molecule has 0 radical (unpaired) electrons. The van der Waals surface area contributed by atoms with Gasteiger partial charge in [0, 0.05) is 24.1 Å². The predicted molar refractivity (Wildman–Crippen MR) is 58.0 cm³/mol. The Bertz CT molecular complexity index is 588. The molecule has 0 aliphatic carbocycles. The van der Waals surface area contributed by atoms with Gasteiger partial charge in [0.15, 0.2) is 0 Å². The Labute approximate surface area is 90.9 Å². The zero-order chi connectivity index (χ0) is 10.7. The number of hydrogen-bond acceptors (Lipinski definition) is 2. The van der Waals surface area contributed by atoms with Crippen LogP contribution in [0.1, 0.15) is 12.0 Å². The van der Waals surface area contributed by atoms with E-state index in [4.69, 9.17) is 11.6 Å². The Hall–Kier alpha value is -1.73. The summed E-state index contributed by atoms with van der Waals surface area (Å²) < 4.78 is 1.50. The minimum atomic E-state index is -0.171. The summed E-state index contributed by atoms with van der Waals surface area (Å²) in [5.74, 6) is 6.32.